The standard InChI is InChI=1S/C26H27N3O3S/c1-2-3-15-24(30)27-21-11-8-12-22(17-21)28-26(33)29-25(31)20-10-7-9-19(16-20)18-32-23-13-5-4-6-14-23/h4-14,16-17H,2-3,15,18H2,1H3,(H,27,30)(H2,28,29,31,33). The largest absolute Gasteiger partial charge is 0.489 e. The number of nitrogens with one attached hydrogen (secondary N) is 3. The lowest BCUT2D eigenvalue weighted by Gasteiger charge is -2.12. The molecule has 33 heavy (non-hydrogen) atoms. The Morgan fingerprint density at radius 3 is 2.36 bits per heavy atom. The second-order valence-corrected chi connectivity index (χ2v) is 7.85. The molecule has 0 saturated heterocycles. The molecule has 0 atom stereocenters. The second kappa shape index (κ2) is 12.4. The quantitative estimate of drug-likeness (QED) is 0.366. The van der Waals surface area contributed by atoms with Gasteiger partial charge in [-0.05, 0) is 66.7 Å². The smallest absolute Gasteiger partial charge is 0.257 e. The number of carbonyl (C=O) groups excluding carboxylic acids is 2. The topological polar surface area (TPSA) is 79.5 Å². The third-order valence-corrected chi connectivity index (χ3v) is 4.93. The van der Waals surface area contributed by atoms with Crippen LogP contribution in [0.15, 0.2) is 78.9 Å². The van der Waals surface area contributed by atoms with E-state index in [9.17, 15) is 9.59 Å². The first-order chi connectivity index (χ1) is 16.0. The van der Waals surface area contributed by atoms with Crippen LogP contribution < -0.4 is 20.7 Å². The first kappa shape index (κ1) is 23.9. The van der Waals surface area contributed by atoms with Gasteiger partial charge in [-0.2, -0.15) is 0 Å². The molecule has 170 valence electrons. The summed E-state index contributed by atoms with van der Waals surface area (Å²) < 4.78 is 5.75. The number of hydrogen-bond acceptors (Lipinski definition) is 4. The van der Waals surface area contributed by atoms with Crippen LogP contribution in [0.3, 0.4) is 0 Å². The summed E-state index contributed by atoms with van der Waals surface area (Å²) in [6.45, 7) is 2.40. The molecular weight excluding hydrogens is 434 g/mol. The Hall–Kier alpha value is -3.71. The summed E-state index contributed by atoms with van der Waals surface area (Å²) in [7, 11) is 0. The van der Waals surface area contributed by atoms with Crippen molar-refractivity contribution in [1.29, 1.82) is 0 Å². The molecule has 3 aromatic rings. The monoisotopic (exact) mass is 461 g/mol. The van der Waals surface area contributed by atoms with Crippen molar-refractivity contribution in [2.45, 2.75) is 32.8 Å². The van der Waals surface area contributed by atoms with Crippen LogP contribution >= 0.6 is 12.2 Å². The molecule has 2 amide bonds. The van der Waals surface area contributed by atoms with Crippen molar-refractivity contribution in [3.8, 4) is 5.75 Å². The Morgan fingerprint density at radius 1 is 0.879 bits per heavy atom. The number of amides is 2. The zero-order chi connectivity index (χ0) is 23.5. The van der Waals surface area contributed by atoms with Gasteiger partial charge in [0.25, 0.3) is 5.91 Å². The first-order valence-corrected chi connectivity index (χ1v) is 11.2. The molecule has 0 fully saturated rings. The number of hydrogen-bond donors (Lipinski definition) is 3. The number of anilines is 2. The van der Waals surface area contributed by atoms with E-state index in [4.69, 9.17) is 17.0 Å². The molecule has 7 heteroatoms. The van der Waals surface area contributed by atoms with Gasteiger partial charge in [-0.1, -0.05) is 49.7 Å². The molecule has 0 heterocycles. The molecule has 3 N–H and O–H groups in total. The Balaban J connectivity index is 1.54. The lowest BCUT2D eigenvalue weighted by Crippen LogP contribution is -2.34. The van der Waals surface area contributed by atoms with Crippen LogP contribution in [0.4, 0.5) is 11.4 Å². The van der Waals surface area contributed by atoms with Crippen LogP contribution in [0, 0.1) is 0 Å². The van der Waals surface area contributed by atoms with Crippen LogP contribution in [0.2, 0.25) is 0 Å². The predicted molar refractivity (Wildman–Crippen MR) is 135 cm³/mol. The van der Waals surface area contributed by atoms with E-state index in [1.807, 2.05) is 49.4 Å². The highest BCUT2D eigenvalue weighted by Gasteiger charge is 2.10. The molecule has 3 rings (SSSR count). The number of carbonyl (C=O) groups is 2. The molecule has 0 spiro atoms. The molecule has 0 aliphatic heterocycles. The minimum atomic E-state index is -0.321. The highest BCUT2D eigenvalue weighted by molar-refractivity contribution is 7.80. The van der Waals surface area contributed by atoms with Gasteiger partial charge in [-0.25, -0.2) is 0 Å². The van der Waals surface area contributed by atoms with Crippen molar-refractivity contribution >= 4 is 40.5 Å². The molecule has 0 saturated carbocycles. The van der Waals surface area contributed by atoms with E-state index in [1.54, 1.807) is 36.4 Å². The summed E-state index contributed by atoms with van der Waals surface area (Å²) in [6, 6.07) is 23.9. The Labute approximate surface area is 199 Å². The van der Waals surface area contributed by atoms with E-state index in [-0.39, 0.29) is 16.9 Å². The van der Waals surface area contributed by atoms with Gasteiger partial charge < -0.3 is 15.4 Å². The molecule has 0 aliphatic rings. The molecule has 0 bridgehead atoms. The summed E-state index contributed by atoms with van der Waals surface area (Å²) in [5.74, 6) is 0.417. The van der Waals surface area contributed by atoms with Crippen molar-refractivity contribution in [3.63, 3.8) is 0 Å². The van der Waals surface area contributed by atoms with Crippen LogP contribution in [-0.2, 0) is 11.4 Å². The Bertz CT molecular complexity index is 1100. The first-order valence-electron chi connectivity index (χ1n) is 10.8. The fourth-order valence-electron chi connectivity index (χ4n) is 3.06. The van der Waals surface area contributed by atoms with Gasteiger partial charge in [-0.15, -0.1) is 0 Å². The third-order valence-electron chi connectivity index (χ3n) is 4.73. The van der Waals surface area contributed by atoms with Gasteiger partial charge in [0, 0.05) is 23.4 Å². The Morgan fingerprint density at radius 2 is 1.61 bits per heavy atom. The highest BCUT2D eigenvalue weighted by Crippen LogP contribution is 2.16. The van der Waals surface area contributed by atoms with Crippen LogP contribution in [0.25, 0.3) is 0 Å². The van der Waals surface area contributed by atoms with E-state index in [0.29, 0.717) is 30.0 Å². The third kappa shape index (κ3) is 8.05. The number of para-hydroxylation sites is 1. The molecule has 0 radical (unpaired) electrons. The van der Waals surface area contributed by atoms with Gasteiger partial charge in [0.05, 0.1) is 0 Å². The maximum Gasteiger partial charge on any atom is 0.257 e. The van der Waals surface area contributed by atoms with Crippen LogP contribution in [0.1, 0.15) is 42.1 Å². The van der Waals surface area contributed by atoms with Gasteiger partial charge >= 0.3 is 0 Å². The fourth-order valence-corrected chi connectivity index (χ4v) is 3.27. The number of ether oxygens (including phenoxy) is 1. The molecule has 0 aliphatic carbocycles. The number of benzene rings is 3. The summed E-state index contributed by atoms with van der Waals surface area (Å²) in [5, 5.41) is 8.70. The zero-order valence-electron chi connectivity index (χ0n) is 18.5. The van der Waals surface area contributed by atoms with Crippen molar-refractivity contribution in [2.24, 2.45) is 0 Å². The highest BCUT2D eigenvalue weighted by atomic mass is 32.1. The SMILES string of the molecule is CCCCC(=O)Nc1cccc(NC(=S)NC(=O)c2cccc(COc3ccccc3)c2)c1. The maximum atomic E-state index is 12.6. The normalized spacial score (nSPS) is 10.2. The van der Waals surface area contributed by atoms with E-state index in [1.165, 1.54) is 0 Å². The van der Waals surface area contributed by atoms with Crippen molar-refractivity contribution in [3.05, 3.63) is 90.0 Å². The lowest BCUT2D eigenvalue weighted by atomic mass is 10.1. The lowest BCUT2D eigenvalue weighted by molar-refractivity contribution is -0.116. The summed E-state index contributed by atoms with van der Waals surface area (Å²) in [4.78, 5) is 24.6. The van der Waals surface area contributed by atoms with Gasteiger partial charge in [0.1, 0.15) is 12.4 Å². The minimum Gasteiger partial charge on any atom is -0.489 e. The van der Waals surface area contributed by atoms with E-state index in [0.717, 1.165) is 24.2 Å². The average Bonchev–Trinajstić information content (AvgIpc) is 2.82. The maximum absolute atomic E-state index is 12.6. The summed E-state index contributed by atoms with van der Waals surface area (Å²) >= 11 is 5.29. The van der Waals surface area contributed by atoms with Gasteiger partial charge in [0.15, 0.2) is 5.11 Å². The number of unbranched alkanes of at least 4 members (excludes halogenated alkanes) is 1. The van der Waals surface area contributed by atoms with Crippen LogP contribution in [-0.4, -0.2) is 16.9 Å². The summed E-state index contributed by atoms with van der Waals surface area (Å²) in [5.41, 5.74) is 2.68. The Kier molecular flexibility index (Phi) is 8.97. The zero-order valence-corrected chi connectivity index (χ0v) is 19.3. The van der Waals surface area contributed by atoms with Crippen molar-refractivity contribution < 1.29 is 14.3 Å². The van der Waals surface area contributed by atoms with E-state index >= 15 is 0 Å². The molecular formula is C26H27N3O3S. The second-order valence-electron chi connectivity index (χ2n) is 7.44. The molecule has 0 aromatic heterocycles. The van der Waals surface area contributed by atoms with Gasteiger partial charge in [-0.3, -0.25) is 14.9 Å². The molecule has 6 nitrogen and oxygen atoms in total. The molecule has 3 aromatic carbocycles. The number of thiocarbonyl (C=S) groups is 1. The molecule has 0 unspecified atom stereocenters. The fraction of sp³-hybridized carbons (Fsp3) is 0.192. The predicted octanol–water partition coefficient (Wildman–Crippen LogP) is 5.52. The van der Waals surface area contributed by atoms with Crippen molar-refractivity contribution in [2.75, 3.05) is 10.6 Å². The van der Waals surface area contributed by atoms with E-state index < -0.39 is 0 Å². The summed E-state index contributed by atoms with van der Waals surface area (Å²) in [6.07, 6.45) is 2.30. The van der Waals surface area contributed by atoms with Crippen LogP contribution in [0.5, 0.6) is 5.75 Å². The average molecular weight is 462 g/mol. The minimum absolute atomic E-state index is 0.0268. The van der Waals surface area contributed by atoms with Gasteiger partial charge in [0.2, 0.25) is 5.91 Å². The van der Waals surface area contributed by atoms with Crippen molar-refractivity contribution in [1.82, 2.24) is 5.32 Å². The number of rotatable bonds is 9. The van der Waals surface area contributed by atoms with E-state index in [2.05, 4.69) is 16.0 Å².